The van der Waals surface area contributed by atoms with Gasteiger partial charge in [-0.25, -0.2) is 0 Å². The lowest BCUT2D eigenvalue weighted by atomic mass is 10.1. The van der Waals surface area contributed by atoms with Gasteiger partial charge in [-0.3, -0.25) is 0 Å². The van der Waals surface area contributed by atoms with Crippen molar-refractivity contribution in [3.05, 3.63) is 84.4 Å². The minimum absolute atomic E-state index is 0.490. The number of hydrogen-bond donors (Lipinski definition) is 0. The van der Waals surface area contributed by atoms with Gasteiger partial charge in [0, 0.05) is 0 Å². The predicted molar refractivity (Wildman–Crippen MR) is 95.1 cm³/mol. The van der Waals surface area contributed by atoms with Crippen molar-refractivity contribution < 1.29 is 9.47 Å². The van der Waals surface area contributed by atoms with Gasteiger partial charge in [-0.2, -0.15) is 5.26 Å². The Morgan fingerprint density at radius 1 is 0.875 bits per heavy atom. The van der Waals surface area contributed by atoms with Crippen molar-refractivity contribution in [1.82, 2.24) is 0 Å². The summed E-state index contributed by atoms with van der Waals surface area (Å²) < 4.78 is 11.3. The topological polar surface area (TPSA) is 42.2 Å². The molecule has 0 bridgehead atoms. The molecule has 0 aliphatic heterocycles. The first-order chi connectivity index (χ1) is 11.8. The second-order valence-corrected chi connectivity index (χ2v) is 5.37. The molecule has 0 aliphatic rings. The highest BCUT2D eigenvalue weighted by Gasteiger charge is 2.01. The van der Waals surface area contributed by atoms with E-state index in [-0.39, 0.29) is 0 Å². The molecule has 0 saturated heterocycles. The molecule has 0 amide bonds. The van der Waals surface area contributed by atoms with E-state index < -0.39 is 0 Å². The smallest absolute Gasteiger partial charge is 0.120 e. The minimum atomic E-state index is 0.490. The average molecular weight is 315 g/mol. The van der Waals surface area contributed by atoms with Gasteiger partial charge in [-0.05, 0) is 52.7 Å². The predicted octanol–water partition coefficient (Wildman–Crippen LogP) is 4.86. The van der Waals surface area contributed by atoms with Crippen molar-refractivity contribution in [2.75, 3.05) is 6.61 Å². The van der Waals surface area contributed by atoms with Crippen LogP contribution in [0.1, 0.15) is 11.1 Å². The molecular formula is C21H17NO2. The molecule has 3 rings (SSSR count). The van der Waals surface area contributed by atoms with E-state index in [4.69, 9.17) is 14.7 Å². The summed E-state index contributed by atoms with van der Waals surface area (Å²) in [6.45, 7) is 4.62. The molecule has 118 valence electrons. The summed E-state index contributed by atoms with van der Waals surface area (Å²) in [5.74, 6) is 1.62. The van der Waals surface area contributed by atoms with Crippen LogP contribution in [0.15, 0.2) is 73.3 Å². The number of hydrogen-bond acceptors (Lipinski definition) is 3. The number of rotatable bonds is 6. The lowest BCUT2D eigenvalue weighted by molar-refractivity contribution is 0.306. The Morgan fingerprint density at radius 2 is 1.58 bits per heavy atom. The molecule has 0 spiro atoms. The van der Waals surface area contributed by atoms with Gasteiger partial charge in [0.05, 0.1) is 11.6 Å². The highest BCUT2D eigenvalue weighted by molar-refractivity contribution is 5.85. The second-order valence-electron chi connectivity index (χ2n) is 5.37. The minimum Gasteiger partial charge on any atom is -0.490 e. The van der Waals surface area contributed by atoms with E-state index in [9.17, 15) is 0 Å². The first-order valence-corrected chi connectivity index (χ1v) is 7.68. The Morgan fingerprint density at radius 3 is 2.33 bits per heavy atom. The van der Waals surface area contributed by atoms with Crippen molar-refractivity contribution >= 4 is 10.8 Å². The fourth-order valence-electron chi connectivity index (χ4n) is 2.39. The molecule has 0 atom stereocenters. The Labute approximate surface area is 141 Å². The van der Waals surface area contributed by atoms with E-state index in [2.05, 4.69) is 12.6 Å². The fraction of sp³-hybridized carbons (Fsp3) is 0.0952. The first-order valence-electron chi connectivity index (χ1n) is 7.68. The maximum Gasteiger partial charge on any atom is 0.120 e. The fourth-order valence-corrected chi connectivity index (χ4v) is 2.39. The molecule has 0 heterocycles. The molecule has 0 saturated carbocycles. The van der Waals surface area contributed by atoms with E-state index >= 15 is 0 Å². The Hall–Kier alpha value is -3.25. The molecule has 0 N–H and O–H groups in total. The summed E-state index contributed by atoms with van der Waals surface area (Å²) in [6.07, 6.45) is 1.72. The Bertz CT molecular complexity index is 892. The van der Waals surface area contributed by atoms with Crippen molar-refractivity contribution in [1.29, 1.82) is 5.26 Å². The first kappa shape index (κ1) is 15.6. The van der Waals surface area contributed by atoms with E-state index in [1.54, 1.807) is 6.08 Å². The van der Waals surface area contributed by atoms with E-state index in [1.165, 1.54) is 0 Å². The maximum atomic E-state index is 8.94. The lowest BCUT2D eigenvalue weighted by Crippen LogP contribution is -1.96. The largest absolute Gasteiger partial charge is 0.490 e. The van der Waals surface area contributed by atoms with Gasteiger partial charge in [0.15, 0.2) is 0 Å². The molecule has 3 nitrogen and oxygen atoms in total. The highest BCUT2D eigenvalue weighted by Crippen LogP contribution is 2.23. The van der Waals surface area contributed by atoms with Gasteiger partial charge in [-0.15, -0.1) is 0 Å². The molecule has 3 aromatic rings. The van der Waals surface area contributed by atoms with Gasteiger partial charge >= 0.3 is 0 Å². The van der Waals surface area contributed by atoms with Crippen LogP contribution in [0.4, 0.5) is 0 Å². The Balaban J connectivity index is 1.67. The van der Waals surface area contributed by atoms with Crippen LogP contribution in [0.25, 0.3) is 10.8 Å². The third-order valence-electron chi connectivity index (χ3n) is 3.64. The summed E-state index contributed by atoms with van der Waals surface area (Å²) in [5.41, 5.74) is 1.73. The van der Waals surface area contributed by atoms with Gasteiger partial charge in [0.25, 0.3) is 0 Å². The number of nitrogens with zero attached hydrogens (tertiary/aromatic N) is 1. The zero-order valence-electron chi connectivity index (χ0n) is 13.2. The van der Waals surface area contributed by atoms with Crippen molar-refractivity contribution in [3.63, 3.8) is 0 Å². The summed E-state index contributed by atoms with van der Waals surface area (Å²) in [5, 5.41) is 11.0. The third-order valence-corrected chi connectivity index (χ3v) is 3.64. The zero-order chi connectivity index (χ0) is 16.8. The SMILES string of the molecule is C=CCOc1ccc(COc2ccc3cc(C#N)ccc3c2)cc1. The molecule has 24 heavy (non-hydrogen) atoms. The summed E-state index contributed by atoms with van der Waals surface area (Å²) >= 11 is 0. The maximum absolute atomic E-state index is 8.94. The van der Waals surface area contributed by atoms with Crippen LogP contribution in [-0.2, 0) is 6.61 Å². The average Bonchev–Trinajstić information content (AvgIpc) is 2.65. The van der Waals surface area contributed by atoms with Gasteiger partial charge in [-0.1, -0.05) is 36.9 Å². The quantitative estimate of drug-likeness (QED) is 0.610. The zero-order valence-corrected chi connectivity index (χ0v) is 13.2. The van der Waals surface area contributed by atoms with E-state index in [1.807, 2.05) is 60.7 Å². The van der Waals surface area contributed by atoms with Crippen LogP contribution in [0, 0.1) is 11.3 Å². The summed E-state index contributed by atoms with van der Waals surface area (Å²) in [7, 11) is 0. The van der Waals surface area contributed by atoms with Gasteiger partial charge in [0.1, 0.15) is 24.7 Å². The second kappa shape index (κ2) is 7.34. The van der Waals surface area contributed by atoms with Crippen LogP contribution in [0.2, 0.25) is 0 Å². The van der Waals surface area contributed by atoms with Crippen LogP contribution < -0.4 is 9.47 Å². The molecule has 0 aromatic heterocycles. The normalized spacial score (nSPS) is 10.1. The van der Waals surface area contributed by atoms with Crippen molar-refractivity contribution in [3.8, 4) is 17.6 Å². The summed E-state index contributed by atoms with van der Waals surface area (Å²) in [4.78, 5) is 0. The summed E-state index contributed by atoms with van der Waals surface area (Å²) in [6, 6.07) is 21.5. The molecule has 0 aliphatic carbocycles. The van der Waals surface area contributed by atoms with E-state index in [0.29, 0.717) is 18.8 Å². The lowest BCUT2D eigenvalue weighted by Gasteiger charge is -2.09. The van der Waals surface area contributed by atoms with Gasteiger partial charge < -0.3 is 9.47 Å². The highest BCUT2D eigenvalue weighted by atomic mass is 16.5. The molecular weight excluding hydrogens is 298 g/mol. The number of nitriles is 1. The molecule has 3 heteroatoms. The number of ether oxygens (including phenoxy) is 2. The van der Waals surface area contributed by atoms with Crippen molar-refractivity contribution in [2.45, 2.75) is 6.61 Å². The third kappa shape index (κ3) is 3.74. The van der Waals surface area contributed by atoms with Crippen LogP contribution in [0.5, 0.6) is 11.5 Å². The number of fused-ring (bicyclic) bond motifs is 1. The standard InChI is InChI=1S/C21H17NO2/c1-2-11-23-20-8-4-16(5-9-20)15-24-21-10-7-18-12-17(14-22)3-6-19(18)13-21/h2-10,12-13H,1,11,15H2. The van der Waals surface area contributed by atoms with Crippen LogP contribution in [-0.4, -0.2) is 6.61 Å². The Kier molecular flexibility index (Phi) is 4.78. The molecule has 0 fully saturated rings. The van der Waals surface area contributed by atoms with Gasteiger partial charge in [0.2, 0.25) is 0 Å². The molecule has 3 aromatic carbocycles. The van der Waals surface area contributed by atoms with Crippen LogP contribution >= 0.6 is 0 Å². The van der Waals surface area contributed by atoms with Crippen LogP contribution in [0.3, 0.4) is 0 Å². The molecule has 0 unspecified atom stereocenters. The van der Waals surface area contributed by atoms with E-state index in [0.717, 1.165) is 27.8 Å². The van der Waals surface area contributed by atoms with Crippen molar-refractivity contribution in [2.24, 2.45) is 0 Å². The monoisotopic (exact) mass is 315 g/mol. The number of benzene rings is 3. The molecule has 0 radical (unpaired) electrons.